The quantitative estimate of drug-likeness (QED) is 0.0674. The van der Waals surface area contributed by atoms with Crippen molar-refractivity contribution in [3.05, 3.63) is 142 Å². The molecule has 15 nitrogen and oxygen atoms in total. The molecule has 73 heavy (non-hydrogen) atoms. The molecule has 15 heteroatoms. The number of esters is 1. The van der Waals surface area contributed by atoms with Crippen molar-refractivity contribution >= 4 is 34.1 Å². The first-order chi connectivity index (χ1) is 34.8. The third-order valence-electron chi connectivity index (χ3n) is 15.4. The Balaban J connectivity index is 1.36. The molecule has 0 radical (unpaired) electrons. The molecule has 0 aliphatic carbocycles. The Morgan fingerprint density at radius 1 is 0.890 bits per heavy atom. The summed E-state index contributed by atoms with van der Waals surface area (Å²) in [6, 6.07) is 19.9. The molecule has 12 atom stereocenters. The molecule has 386 valence electrons. The van der Waals surface area contributed by atoms with E-state index in [4.69, 9.17) is 23.9 Å². The van der Waals surface area contributed by atoms with Gasteiger partial charge in [-0.15, -0.1) is 6.58 Å². The van der Waals surface area contributed by atoms with Crippen LogP contribution < -0.4 is 20.8 Å². The van der Waals surface area contributed by atoms with E-state index in [1.165, 1.54) is 27.2 Å². The zero-order chi connectivity index (χ0) is 52.7. The number of aromatic hydroxyl groups is 2. The number of methoxy groups -OCH3 is 1. The minimum Gasteiger partial charge on any atom is -0.507 e. The number of aliphatic hydroxyl groups is 2. The van der Waals surface area contributed by atoms with Crippen molar-refractivity contribution in [1.29, 1.82) is 0 Å². The van der Waals surface area contributed by atoms with Gasteiger partial charge < -0.3 is 44.7 Å². The lowest BCUT2D eigenvalue weighted by Gasteiger charge is -2.49. The number of ketones is 1. The number of phenolic OH excluding ortho intramolecular Hbond substituents is 2. The van der Waals surface area contributed by atoms with Gasteiger partial charge in [-0.1, -0.05) is 113 Å². The fraction of sp³-hybridized carbons (Fsp3) is 0.431. The number of allylic oxidation sites excluding steroid dienone is 2. The van der Waals surface area contributed by atoms with Crippen molar-refractivity contribution in [2.45, 2.75) is 123 Å². The molecule has 1 amide bonds. The maximum Gasteiger partial charge on any atom is 0.312 e. The van der Waals surface area contributed by atoms with E-state index >= 15 is 4.79 Å². The first-order valence-electron chi connectivity index (χ1n) is 25.1. The molecule has 9 rings (SSSR count). The first kappa shape index (κ1) is 52.7. The number of fused-ring (bicyclic) bond motifs is 13. The van der Waals surface area contributed by atoms with Crippen LogP contribution in [-0.4, -0.2) is 92.5 Å². The van der Waals surface area contributed by atoms with E-state index in [9.17, 15) is 30.0 Å². The number of amides is 1. The third kappa shape index (κ3) is 9.83. The number of rotatable bonds is 7. The maximum absolute atomic E-state index is 15.2. The number of anilines is 1. The molecule has 0 aromatic heterocycles. The van der Waals surface area contributed by atoms with Gasteiger partial charge in [0.2, 0.25) is 0 Å². The Morgan fingerprint density at radius 3 is 2.11 bits per heavy atom. The summed E-state index contributed by atoms with van der Waals surface area (Å²) in [5, 5.41) is 51.6. The van der Waals surface area contributed by atoms with E-state index in [0.29, 0.717) is 19.4 Å². The molecule has 0 saturated carbocycles. The van der Waals surface area contributed by atoms with Crippen LogP contribution in [0.1, 0.15) is 107 Å². The number of likely N-dealkylation sites (tertiary alicyclic amines) is 1. The van der Waals surface area contributed by atoms with Crippen molar-refractivity contribution < 1.29 is 53.8 Å². The molecule has 5 N–H and O–H groups in total. The monoisotopic (exact) mass is 996 g/mol. The van der Waals surface area contributed by atoms with Gasteiger partial charge in [0, 0.05) is 92.6 Å². The summed E-state index contributed by atoms with van der Waals surface area (Å²) in [5.74, 6) is -7.37. The second-order valence-electron chi connectivity index (χ2n) is 20.4. The van der Waals surface area contributed by atoms with Crippen molar-refractivity contribution in [3.8, 4) is 17.2 Å². The number of carbonyl (C=O) groups excluding carboxylic acids is 3. The fourth-order valence-corrected chi connectivity index (χ4v) is 11.3. The van der Waals surface area contributed by atoms with Gasteiger partial charge in [-0.05, 0) is 37.5 Å². The van der Waals surface area contributed by atoms with Crippen molar-refractivity contribution in [2.24, 2.45) is 33.7 Å². The van der Waals surface area contributed by atoms with E-state index in [1.807, 2.05) is 42.5 Å². The highest BCUT2D eigenvalue weighted by atomic mass is 16.7. The van der Waals surface area contributed by atoms with Crippen molar-refractivity contribution in [3.63, 3.8) is 0 Å². The van der Waals surface area contributed by atoms with Gasteiger partial charge in [0.1, 0.15) is 34.0 Å². The maximum atomic E-state index is 15.2. The average Bonchev–Trinajstić information content (AvgIpc) is 3.88. The summed E-state index contributed by atoms with van der Waals surface area (Å²) in [6.45, 7) is 17.6. The van der Waals surface area contributed by atoms with Gasteiger partial charge in [-0.3, -0.25) is 24.3 Å². The van der Waals surface area contributed by atoms with E-state index in [2.05, 4.69) is 46.1 Å². The zero-order valence-electron chi connectivity index (χ0n) is 43.0. The summed E-state index contributed by atoms with van der Waals surface area (Å²) in [4.78, 5) is 54.5. The van der Waals surface area contributed by atoms with Crippen molar-refractivity contribution in [2.75, 3.05) is 19.0 Å². The second kappa shape index (κ2) is 21.1. The summed E-state index contributed by atoms with van der Waals surface area (Å²) >= 11 is 0. The molecule has 1 saturated heterocycles. The number of ether oxygens (including phenoxy) is 4. The lowest BCUT2D eigenvalue weighted by atomic mass is 9.78. The fourth-order valence-electron chi connectivity index (χ4n) is 11.3. The van der Waals surface area contributed by atoms with Crippen LogP contribution in [-0.2, 0) is 23.8 Å². The van der Waals surface area contributed by atoms with E-state index in [1.54, 1.807) is 65.8 Å². The van der Waals surface area contributed by atoms with Gasteiger partial charge >= 0.3 is 11.8 Å². The molecular weight excluding hydrogens is 929 g/mol. The highest BCUT2D eigenvalue weighted by molar-refractivity contribution is 6.21. The van der Waals surface area contributed by atoms with Gasteiger partial charge in [0.25, 0.3) is 11.7 Å². The van der Waals surface area contributed by atoms with Crippen LogP contribution in [0.15, 0.2) is 119 Å². The Bertz CT molecular complexity index is 2960. The van der Waals surface area contributed by atoms with Gasteiger partial charge in [-0.2, -0.15) is 0 Å². The van der Waals surface area contributed by atoms with E-state index in [-0.39, 0.29) is 61.7 Å². The van der Waals surface area contributed by atoms with E-state index < -0.39 is 88.7 Å². The number of piperidine rings is 1. The molecule has 4 aromatic rings. The minimum atomic E-state index is -2.02. The standard InChI is InChI=1S/C58H68N4O11/c1-11-12-27-62-40(38-22-15-13-16-23-38)29-58(30-41(62)39-24-17-14-18-25-39)60-46-43-44-51(66)36(7)54-45(43)55(68)57(9,73-54)71-28-26-42(70-10)33(4)53(72-37(8)63)35(6)50(65)34(5)49(64)31(2)20-19-21-32(3)56(69)59-48(52(44)67)47(46)61-58/h11,13-26,28,31,33-35,40-42,49-50,53,60,64-67H,1,12,27,29-30H2,2-10H3/b20-19+,28-26+,32-21-,59-48?/t31-,33+,34+,35-,40-,41+,42-,49-,50-,53+,57-,58?/m0/s1. The number of carbonyl (C=O) groups is 3. The number of hydrogen-bond acceptors (Lipinski definition) is 14. The summed E-state index contributed by atoms with van der Waals surface area (Å²) < 4.78 is 24.4. The van der Waals surface area contributed by atoms with Gasteiger partial charge in [0.05, 0.1) is 41.2 Å². The van der Waals surface area contributed by atoms with Gasteiger partial charge in [0.15, 0.2) is 5.75 Å². The smallest absolute Gasteiger partial charge is 0.312 e. The summed E-state index contributed by atoms with van der Waals surface area (Å²) in [7, 11) is 1.47. The Morgan fingerprint density at radius 2 is 1.52 bits per heavy atom. The number of nitrogens with one attached hydrogen (secondary N) is 1. The highest BCUT2D eigenvalue weighted by Crippen LogP contribution is 2.54. The number of nitrogens with zero attached hydrogens (tertiary/aromatic N) is 3. The molecule has 4 aromatic carbocycles. The Kier molecular flexibility index (Phi) is 15.2. The number of aliphatic hydroxyl groups excluding tert-OH is 2. The predicted octanol–water partition coefficient (Wildman–Crippen LogP) is 8.15. The molecule has 5 aliphatic heterocycles. The van der Waals surface area contributed by atoms with Gasteiger partial charge in [-0.25, -0.2) is 4.99 Å². The summed E-state index contributed by atoms with van der Waals surface area (Å²) in [6.07, 6.45) is 7.27. The zero-order valence-corrected chi connectivity index (χ0v) is 43.0. The van der Waals surface area contributed by atoms with Crippen LogP contribution in [0.5, 0.6) is 17.2 Å². The molecule has 1 spiro atoms. The largest absolute Gasteiger partial charge is 0.507 e. The normalized spacial score (nSPS) is 32.3. The molecule has 5 aliphatic rings. The number of benzene rings is 4. The average molecular weight is 997 g/mol. The lowest BCUT2D eigenvalue weighted by molar-refractivity contribution is -0.160. The van der Waals surface area contributed by atoms with Crippen LogP contribution in [0.2, 0.25) is 0 Å². The van der Waals surface area contributed by atoms with E-state index in [0.717, 1.165) is 17.5 Å². The molecule has 1 fully saturated rings. The highest BCUT2D eigenvalue weighted by Gasteiger charge is 2.52. The first-order valence-corrected chi connectivity index (χ1v) is 25.1. The van der Waals surface area contributed by atoms with Crippen LogP contribution in [0.25, 0.3) is 10.8 Å². The third-order valence-corrected chi connectivity index (χ3v) is 15.4. The Hall–Kier alpha value is -6.65. The molecule has 5 bridgehead atoms. The van der Waals surface area contributed by atoms with Crippen LogP contribution >= 0.6 is 0 Å². The summed E-state index contributed by atoms with van der Waals surface area (Å²) in [5.41, 5.74) is 1.58. The topological polar surface area (TPSA) is 209 Å². The van der Waals surface area contributed by atoms with Crippen LogP contribution in [0.4, 0.5) is 5.69 Å². The minimum absolute atomic E-state index is 0.0171. The molecule has 1 unspecified atom stereocenters. The number of phenols is 2. The molecular formula is C58H68N4O11. The number of Topliss-reactive ketones (excluding diaryl/α,β-unsaturated/α-hetero) is 1. The molecule has 5 heterocycles. The lowest BCUT2D eigenvalue weighted by Crippen LogP contribution is -2.50. The Labute approximate surface area is 426 Å². The SMILES string of the molecule is C=CCCN1[C@@H](c2ccccc2)CC2(C[C@H]1c1ccccc1)N=c1c(c3c4c5c(C)c(O)c3c(O)c1=NC(=O)/C(C)=C\C=C\[C@H](C)[C@H](O)[C@@H](C)[C@H](O)[C@H](C)[C@H](OC(C)=O)[C@H](C)[C@@H](OC)/C=C/O[C@@](C)(O5)C4=O)N2. The van der Waals surface area contributed by atoms with Crippen LogP contribution in [0, 0.1) is 30.6 Å². The van der Waals surface area contributed by atoms with Crippen LogP contribution in [0.3, 0.4) is 0 Å². The van der Waals surface area contributed by atoms with Crippen molar-refractivity contribution in [1.82, 2.24) is 4.90 Å². The number of hydrogen-bond donors (Lipinski definition) is 5. The second-order valence-corrected chi connectivity index (χ2v) is 20.4. The predicted molar refractivity (Wildman–Crippen MR) is 276 cm³/mol.